The van der Waals surface area contributed by atoms with Crippen molar-refractivity contribution in [2.24, 2.45) is 17.8 Å². The van der Waals surface area contributed by atoms with Gasteiger partial charge in [0.25, 0.3) is 0 Å². The summed E-state index contributed by atoms with van der Waals surface area (Å²) in [6.07, 6.45) is 7.64. The molecule has 0 aliphatic heterocycles. The average molecular weight is 244 g/mol. The lowest BCUT2D eigenvalue weighted by Gasteiger charge is -2.26. The number of hydrogen-bond acceptors (Lipinski definition) is 2. The van der Waals surface area contributed by atoms with Crippen LogP contribution in [0, 0.1) is 24.7 Å². The Morgan fingerprint density at radius 2 is 2.06 bits per heavy atom. The van der Waals surface area contributed by atoms with Crippen molar-refractivity contribution in [2.75, 3.05) is 6.54 Å². The summed E-state index contributed by atoms with van der Waals surface area (Å²) in [6.45, 7) is 5.41. The van der Waals surface area contributed by atoms with Gasteiger partial charge in [-0.3, -0.25) is 4.98 Å². The lowest BCUT2D eigenvalue weighted by atomic mass is 9.89. The van der Waals surface area contributed by atoms with Crippen LogP contribution in [-0.2, 0) is 0 Å². The lowest BCUT2D eigenvalue weighted by molar-refractivity contribution is 0.341. The Bertz CT molecular complexity index is 388. The third kappa shape index (κ3) is 2.44. The van der Waals surface area contributed by atoms with Gasteiger partial charge in [0.05, 0.1) is 0 Å². The number of pyridine rings is 1. The molecule has 2 heteroatoms. The van der Waals surface area contributed by atoms with E-state index in [2.05, 4.69) is 42.5 Å². The zero-order valence-corrected chi connectivity index (χ0v) is 11.5. The van der Waals surface area contributed by atoms with E-state index in [4.69, 9.17) is 0 Å². The fourth-order valence-corrected chi connectivity index (χ4v) is 3.55. The van der Waals surface area contributed by atoms with E-state index in [-0.39, 0.29) is 0 Å². The van der Waals surface area contributed by atoms with Gasteiger partial charge in [0, 0.05) is 17.9 Å². The minimum absolute atomic E-state index is 0.533. The molecule has 3 unspecified atom stereocenters. The van der Waals surface area contributed by atoms with E-state index in [1.807, 2.05) is 0 Å². The molecule has 98 valence electrons. The van der Waals surface area contributed by atoms with Gasteiger partial charge in [0.2, 0.25) is 0 Å². The number of rotatable bonds is 5. The number of fused-ring (bicyclic) bond motifs is 1. The lowest BCUT2D eigenvalue weighted by Crippen LogP contribution is -2.28. The summed E-state index contributed by atoms with van der Waals surface area (Å²) in [4.78, 5) is 4.47. The molecule has 18 heavy (non-hydrogen) atoms. The molecular weight excluding hydrogens is 220 g/mol. The maximum Gasteiger partial charge on any atom is 0.0372 e. The molecule has 1 aromatic heterocycles. The number of aromatic nitrogens is 1. The smallest absolute Gasteiger partial charge is 0.0372 e. The predicted octanol–water partition coefficient (Wildman–Crippen LogP) is 3.48. The fourth-order valence-electron chi connectivity index (χ4n) is 3.55. The molecule has 0 spiro atoms. The molecule has 0 aromatic carbocycles. The topological polar surface area (TPSA) is 24.9 Å². The van der Waals surface area contributed by atoms with E-state index in [1.165, 1.54) is 31.2 Å². The van der Waals surface area contributed by atoms with Gasteiger partial charge < -0.3 is 5.32 Å². The van der Waals surface area contributed by atoms with Crippen LogP contribution < -0.4 is 5.32 Å². The van der Waals surface area contributed by atoms with Crippen molar-refractivity contribution < 1.29 is 0 Å². The summed E-state index contributed by atoms with van der Waals surface area (Å²) < 4.78 is 0. The molecule has 1 aromatic rings. The monoisotopic (exact) mass is 244 g/mol. The van der Waals surface area contributed by atoms with Crippen molar-refractivity contribution >= 4 is 0 Å². The Labute approximate surface area is 110 Å². The van der Waals surface area contributed by atoms with Crippen molar-refractivity contribution in [3.63, 3.8) is 0 Å². The molecule has 1 N–H and O–H groups in total. The number of nitrogens with zero attached hydrogens (tertiary/aromatic N) is 1. The molecule has 3 rings (SSSR count). The molecule has 2 aliphatic rings. The Morgan fingerprint density at radius 1 is 1.28 bits per heavy atom. The summed E-state index contributed by atoms with van der Waals surface area (Å²) in [5.41, 5.74) is 2.50. The van der Waals surface area contributed by atoms with Crippen LogP contribution in [0.1, 0.15) is 49.9 Å². The fraction of sp³-hybridized carbons (Fsp3) is 0.688. The van der Waals surface area contributed by atoms with E-state index in [9.17, 15) is 0 Å². The van der Waals surface area contributed by atoms with Gasteiger partial charge in [-0.25, -0.2) is 0 Å². The minimum atomic E-state index is 0.533. The van der Waals surface area contributed by atoms with Crippen molar-refractivity contribution in [1.29, 1.82) is 0 Å². The molecule has 0 bridgehead atoms. The van der Waals surface area contributed by atoms with E-state index in [0.29, 0.717) is 6.04 Å². The highest BCUT2D eigenvalue weighted by Crippen LogP contribution is 2.57. The molecule has 0 amide bonds. The molecule has 0 saturated heterocycles. The highest BCUT2D eigenvalue weighted by atomic mass is 14.9. The molecule has 2 saturated carbocycles. The summed E-state index contributed by atoms with van der Waals surface area (Å²) in [6, 6.07) is 4.94. The zero-order valence-electron chi connectivity index (χ0n) is 11.5. The summed E-state index contributed by atoms with van der Waals surface area (Å²) in [5.74, 6) is 2.95. The second-order valence-corrected chi connectivity index (χ2v) is 6.15. The van der Waals surface area contributed by atoms with E-state index >= 15 is 0 Å². The Hall–Kier alpha value is -0.890. The van der Waals surface area contributed by atoms with Gasteiger partial charge in [-0.05, 0) is 68.5 Å². The van der Waals surface area contributed by atoms with Crippen molar-refractivity contribution in [3.8, 4) is 0 Å². The van der Waals surface area contributed by atoms with Crippen LogP contribution in [0.25, 0.3) is 0 Å². The SMILES string of the molecule is CCCNC(c1ccc(C)nc1)C1CC2CC2C1. The van der Waals surface area contributed by atoms with Crippen LogP contribution in [0.4, 0.5) is 0 Å². The quantitative estimate of drug-likeness (QED) is 0.857. The molecule has 0 radical (unpaired) electrons. The molecule has 3 atom stereocenters. The first-order valence-electron chi connectivity index (χ1n) is 7.44. The molecular formula is C16H24N2. The van der Waals surface area contributed by atoms with Gasteiger partial charge >= 0.3 is 0 Å². The largest absolute Gasteiger partial charge is 0.310 e. The van der Waals surface area contributed by atoms with Gasteiger partial charge in [-0.1, -0.05) is 13.0 Å². The molecule has 1 heterocycles. The molecule has 2 aliphatic carbocycles. The molecule has 2 nitrogen and oxygen atoms in total. The summed E-state index contributed by atoms with van der Waals surface area (Å²) in [5, 5.41) is 3.75. The average Bonchev–Trinajstić information content (AvgIpc) is 2.99. The minimum Gasteiger partial charge on any atom is -0.310 e. The van der Waals surface area contributed by atoms with E-state index in [1.54, 1.807) is 0 Å². The maximum absolute atomic E-state index is 4.47. The van der Waals surface area contributed by atoms with E-state index < -0.39 is 0 Å². The Kier molecular flexibility index (Phi) is 3.38. The third-order valence-electron chi connectivity index (χ3n) is 4.66. The highest BCUT2D eigenvalue weighted by Gasteiger charge is 2.47. The van der Waals surface area contributed by atoms with Crippen LogP contribution in [0.3, 0.4) is 0 Å². The van der Waals surface area contributed by atoms with Crippen LogP contribution in [0.2, 0.25) is 0 Å². The number of nitrogens with one attached hydrogen (secondary N) is 1. The third-order valence-corrected chi connectivity index (χ3v) is 4.66. The highest BCUT2D eigenvalue weighted by molar-refractivity contribution is 5.19. The van der Waals surface area contributed by atoms with Gasteiger partial charge in [-0.15, -0.1) is 0 Å². The first-order valence-corrected chi connectivity index (χ1v) is 7.44. The summed E-state index contributed by atoms with van der Waals surface area (Å²) in [7, 11) is 0. The first-order chi connectivity index (χ1) is 8.78. The second-order valence-electron chi connectivity index (χ2n) is 6.15. The van der Waals surface area contributed by atoms with Crippen LogP contribution in [0.5, 0.6) is 0 Å². The van der Waals surface area contributed by atoms with Crippen LogP contribution in [-0.4, -0.2) is 11.5 Å². The predicted molar refractivity (Wildman–Crippen MR) is 74.3 cm³/mol. The normalized spacial score (nSPS) is 31.1. The van der Waals surface area contributed by atoms with Gasteiger partial charge in [0.1, 0.15) is 0 Å². The zero-order chi connectivity index (χ0) is 12.5. The van der Waals surface area contributed by atoms with Crippen molar-refractivity contribution in [2.45, 2.75) is 45.6 Å². The van der Waals surface area contributed by atoms with Crippen LogP contribution >= 0.6 is 0 Å². The van der Waals surface area contributed by atoms with Gasteiger partial charge in [0.15, 0.2) is 0 Å². The van der Waals surface area contributed by atoms with Crippen molar-refractivity contribution in [1.82, 2.24) is 10.3 Å². The summed E-state index contributed by atoms with van der Waals surface area (Å²) >= 11 is 0. The Morgan fingerprint density at radius 3 is 2.67 bits per heavy atom. The Balaban J connectivity index is 1.73. The molecule has 2 fully saturated rings. The number of aryl methyl sites for hydroxylation is 1. The van der Waals surface area contributed by atoms with Crippen LogP contribution in [0.15, 0.2) is 18.3 Å². The first kappa shape index (κ1) is 12.2. The van der Waals surface area contributed by atoms with Gasteiger partial charge in [-0.2, -0.15) is 0 Å². The van der Waals surface area contributed by atoms with Crippen molar-refractivity contribution in [3.05, 3.63) is 29.6 Å². The van der Waals surface area contributed by atoms with E-state index in [0.717, 1.165) is 30.0 Å². The standard InChI is InChI=1S/C16H24N2/c1-3-6-17-16(12-5-4-11(2)18-10-12)15-8-13-7-14(13)9-15/h4-5,10,13-17H,3,6-9H2,1-2H3. The number of hydrogen-bond donors (Lipinski definition) is 1. The maximum atomic E-state index is 4.47. The second kappa shape index (κ2) is 5.00.